The molecule has 0 bridgehead atoms. The second-order valence-corrected chi connectivity index (χ2v) is 8.47. The lowest BCUT2D eigenvalue weighted by Gasteiger charge is -2.45. The van der Waals surface area contributed by atoms with Crippen molar-refractivity contribution in [3.8, 4) is 0 Å². The average Bonchev–Trinajstić information content (AvgIpc) is 3.31. The van der Waals surface area contributed by atoms with Gasteiger partial charge in [-0.15, -0.1) is 0 Å². The Balaban J connectivity index is 1.58. The monoisotopic (exact) mass is 398 g/mol. The number of rotatable bonds is 6. The van der Waals surface area contributed by atoms with Crippen LogP contribution in [0.15, 0.2) is 30.3 Å². The summed E-state index contributed by atoms with van der Waals surface area (Å²) >= 11 is 0. The Labute approximate surface area is 172 Å². The largest absolute Gasteiger partial charge is 0.464 e. The fourth-order valence-corrected chi connectivity index (χ4v) is 5.50. The summed E-state index contributed by atoms with van der Waals surface area (Å²) < 4.78 is 5.31. The van der Waals surface area contributed by atoms with Gasteiger partial charge < -0.3 is 14.5 Å². The Morgan fingerprint density at radius 2 is 1.93 bits per heavy atom. The lowest BCUT2D eigenvalue weighted by atomic mass is 9.97. The first-order valence-electron chi connectivity index (χ1n) is 10.9. The quantitative estimate of drug-likeness (QED) is 0.691. The Bertz CT molecular complexity index is 780. The van der Waals surface area contributed by atoms with Gasteiger partial charge in [-0.05, 0) is 57.4 Å². The zero-order chi connectivity index (χ0) is 20.5. The van der Waals surface area contributed by atoms with Gasteiger partial charge in [-0.1, -0.05) is 36.8 Å². The standard InChI is InChI=1S/C23H30N2O4/c1-3-29-23(28)19(13-12-16-8-5-4-6-9-16)24-15(2)21(26)25-18-11-7-10-17(18)14-20(25)22(24)27/h4-6,8-9,15,17-20H,3,7,10-14H2,1-2H3/t15?,17-,18-,19-,20?/m0/s1. The molecule has 1 aliphatic carbocycles. The highest BCUT2D eigenvalue weighted by Crippen LogP contribution is 2.44. The number of hydrogen-bond donors (Lipinski definition) is 0. The van der Waals surface area contributed by atoms with Gasteiger partial charge in [0.2, 0.25) is 11.8 Å². The molecule has 0 N–H and O–H groups in total. The summed E-state index contributed by atoms with van der Waals surface area (Å²) in [6.45, 7) is 3.77. The van der Waals surface area contributed by atoms with Crippen molar-refractivity contribution in [2.75, 3.05) is 6.61 Å². The minimum atomic E-state index is -0.732. The van der Waals surface area contributed by atoms with Crippen LogP contribution < -0.4 is 0 Å². The number of fused-ring (bicyclic) bond motifs is 3. The first-order valence-corrected chi connectivity index (χ1v) is 10.9. The van der Waals surface area contributed by atoms with Crippen LogP contribution in [-0.2, 0) is 25.5 Å². The van der Waals surface area contributed by atoms with E-state index in [1.807, 2.05) is 35.2 Å². The van der Waals surface area contributed by atoms with Crippen LogP contribution in [0.3, 0.4) is 0 Å². The van der Waals surface area contributed by atoms with Crippen LogP contribution in [0.4, 0.5) is 0 Å². The van der Waals surface area contributed by atoms with E-state index in [0.717, 1.165) is 31.2 Å². The normalized spacial score (nSPS) is 29.6. The Kier molecular flexibility index (Phi) is 5.61. The van der Waals surface area contributed by atoms with Gasteiger partial charge >= 0.3 is 5.97 Å². The number of ether oxygens (including phenoxy) is 1. The van der Waals surface area contributed by atoms with Gasteiger partial charge in [0.1, 0.15) is 18.1 Å². The molecule has 1 saturated carbocycles. The number of hydrogen-bond acceptors (Lipinski definition) is 4. The predicted molar refractivity (Wildman–Crippen MR) is 108 cm³/mol. The van der Waals surface area contributed by atoms with Crippen LogP contribution in [0.5, 0.6) is 0 Å². The maximum Gasteiger partial charge on any atom is 0.328 e. The second kappa shape index (κ2) is 8.17. The van der Waals surface area contributed by atoms with Gasteiger partial charge in [0, 0.05) is 6.04 Å². The third-order valence-corrected chi connectivity index (χ3v) is 6.85. The predicted octanol–water partition coefficient (Wildman–Crippen LogP) is 2.55. The Morgan fingerprint density at radius 1 is 1.17 bits per heavy atom. The molecule has 6 heteroatoms. The Hall–Kier alpha value is -2.37. The van der Waals surface area contributed by atoms with Crippen molar-refractivity contribution in [3.63, 3.8) is 0 Å². The number of amides is 2. The summed E-state index contributed by atoms with van der Waals surface area (Å²) in [6, 6.07) is 8.31. The van der Waals surface area contributed by atoms with E-state index in [-0.39, 0.29) is 24.5 Å². The van der Waals surface area contributed by atoms with Crippen molar-refractivity contribution in [2.45, 2.75) is 76.5 Å². The molecule has 3 fully saturated rings. The number of aryl methyl sites for hydroxylation is 1. The molecule has 0 aromatic heterocycles. The molecule has 0 spiro atoms. The van der Waals surface area contributed by atoms with Crippen molar-refractivity contribution >= 4 is 17.8 Å². The molecular formula is C23H30N2O4. The minimum Gasteiger partial charge on any atom is -0.464 e. The van der Waals surface area contributed by atoms with Crippen LogP contribution in [0.1, 0.15) is 51.5 Å². The maximum atomic E-state index is 13.5. The molecule has 2 unspecified atom stereocenters. The number of nitrogens with zero attached hydrogens (tertiary/aromatic N) is 2. The van der Waals surface area contributed by atoms with Crippen LogP contribution >= 0.6 is 0 Å². The molecule has 29 heavy (non-hydrogen) atoms. The highest BCUT2D eigenvalue weighted by Gasteiger charge is 2.56. The lowest BCUT2D eigenvalue weighted by molar-refractivity contribution is -0.170. The fourth-order valence-electron chi connectivity index (χ4n) is 5.50. The van der Waals surface area contributed by atoms with E-state index in [4.69, 9.17) is 4.74 Å². The first-order chi connectivity index (χ1) is 14.0. The van der Waals surface area contributed by atoms with E-state index >= 15 is 0 Å². The summed E-state index contributed by atoms with van der Waals surface area (Å²) in [5.74, 6) is -0.0934. The summed E-state index contributed by atoms with van der Waals surface area (Å²) in [7, 11) is 0. The summed E-state index contributed by atoms with van der Waals surface area (Å²) in [6.07, 6.45) is 5.03. The molecule has 5 atom stereocenters. The smallest absolute Gasteiger partial charge is 0.328 e. The van der Waals surface area contributed by atoms with E-state index in [1.165, 1.54) is 4.90 Å². The number of carbonyl (C=O) groups excluding carboxylic acids is 3. The van der Waals surface area contributed by atoms with Gasteiger partial charge in [0.25, 0.3) is 0 Å². The van der Waals surface area contributed by atoms with E-state index in [1.54, 1.807) is 13.8 Å². The molecule has 2 heterocycles. The number of esters is 1. The summed E-state index contributed by atoms with van der Waals surface area (Å²) in [5, 5.41) is 0. The number of piperazine rings is 1. The first kappa shape index (κ1) is 19.9. The zero-order valence-corrected chi connectivity index (χ0v) is 17.3. The highest BCUT2D eigenvalue weighted by atomic mass is 16.5. The van der Waals surface area contributed by atoms with Crippen LogP contribution in [0, 0.1) is 5.92 Å². The highest BCUT2D eigenvalue weighted by molar-refractivity contribution is 5.99. The van der Waals surface area contributed by atoms with Gasteiger partial charge in [0.05, 0.1) is 6.61 Å². The van der Waals surface area contributed by atoms with Crippen molar-refractivity contribution in [2.24, 2.45) is 5.92 Å². The van der Waals surface area contributed by atoms with Crippen molar-refractivity contribution in [1.82, 2.24) is 9.80 Å². The van der Waals surface area contributed by atoms with Gasteiger partial charge in [0.15, 0.2) is 0 Å². The molecule has 1 aromatic rings. The molecule has 2 saturated heterocycles. The lowest BCUT2D eigenvalue weighted by Crippen LogP contribution is -2.66. The van der Waals surface area contributed by atoms with E-state index in [2.05, 4.69) is 0 Å². The van der Waals surface area contributed by atoms with Gasteiger partial charge in [-0.3, -0.25) is 9.59 Å². The SMILES string of the molecule is CCOC(=O)[C@H](CCc1ccccc1)N1C(=O)C2C[C@@H]3CCC[C@@H]3N2C(=O)C1C. The molecule has 156 valence electrons. The van der Waals surface area contributed by atoms with E-state index in [9.17, 15) is 14.4 Å². The molecule has 0 radical (unpaired) electrons. The van der Waals surface area contributed by atoms with Crippen LogP contribution in [0.25, 0.3) is 0 Å². The third kappa shape index (κ3) is 3.53. The number of benzene rings is 1. The third-order valence-electron chi connectivity index (χ3n) is 6.85. The summed E-state index contributed by atoms with van der Waals surface area (Å²) in [4.78, 5) is 42.9. The number of carbonyl (C=O) groups is 3. The fraction of sp³-hybridized carbons (Fsp3) is 0.609. The molecule has 1 aromatic carbocycles. The van der Waals surface area contributed by atoms with E-state index < -0.39 is 24.1 Å². The second-order valence-electron chi connectivity index (χ2n) is 8.47. The van der Waals surface area contributed by atoms with Gasteiger partial charge in [-0.25, -0.2) is 4.79 Å². The topological polar surface area (TPSA) is 66.9 Å². The van der Waals surface area contributed by atoms with Crippen molar-refractivity contribution in [1.29, 1.82) is 0 Å². The minimum absolute atomic E-state index is 0.0157. The zero-order valence-electron chi connectivity index (χ0n) is 17.3. The molecular weight excluding hydrogens is 368 g/mol. The van der Waals surface area contributed by atoms with Gasteiger partial charge in [-0.2, -0.15) is 0 Å². The molecule has 2 amide bonds. The Morgan fingerprint density at radius 3 is 2.66 bits per heavy atom. The summed E-state index contributed by atoms with van der Waals surface area (Å²) in [5.41, 5.74) is 1.10. The molecule has 3 aliphatic rings. The molecule has 4 rings (SSSR count). The molecule has 2 aliphatic heterocycles. The van der Waals surface area contributed by atoms with Crippen LogP contribution in [-0.4, -0.2) is 58.4 Å². The van der Waals surface area contributed by atoms with Crippen LogP contribution in [0.2, 0.25) is 0 Å². The van der Waals surface area contributed by atoms with Crippen molar-refractivity contribution < 1.29 is 19.1 Å². The van der Waals surface area contributed by atoms with Crippen molar-refractivity contribution in [3.05, 3.63) is 35.9 Å². The molecule has 6 nitrogen and oxygen atoms in total. The van der Waals surface area contributed by atoms with E-state index in [0.29, 0.717) is 18.8 Å². The average molecular weight is 399 g/mol. The maximum absolute atomic E-state index is 13.5.